The van der Waals surface area contributed by atoms with Crippen molar-refractivity contribution in [3.05, 3.63) is 94.1 Å². The molecule has 5 atom stereocenters. The number of carbonyl (C=O) groups is 1. The van der Waals surface area contributed by atoms with Gasteiger partial charge in [-0.1, -0.05) is 67.1 Å². The van der Waals surface area contributed by atoms with Crippen LogP contribution in [-0.4, -0.2) is 42.2 Å². The van der Waals surface area contributed by atoms with Crippen molar-refractivity contribution < 1.29 is 31.5 Å². The molecule has 0 N–H and O–H groups in total. The molecule has 246 valence electrons. The van der Waals surface area contributed by atoms with Gasteiger partial charge in [0.15, 0.2) is 5.78 Å². The van der Waals surface area contributed by atoms with Crippen LogP contribution in [0, 0.1) is 17.3 Å². The minimum Gasteiger partial charge on any atom is -0.309 e. The summed E-state index contributed by atoms with van der Waals surface area (Å²) in [6.45, 7) is 4.78. The first-order chi connectivity index (χ1) is 21.9. The van der Waals surface area contributed by atoms with Crippen molar-refractivity contribution in [3.8, 4) is 0 Å². The number of piperidine rings is 1. The molecule has 8 heteroatoms. The maximum Gasteiger partial charge on any atom is 0.482 e. The third kappa shape index (κ3) is 5.78. The number of hydrogen-bond acceptors (Lipinski definition) is 3. The van der Waals surface area contributed by atoms with E-state index in [2.05, 4.69) is 59.5 Å². The van der Waals surface area contributed by atoms with Crippen molar-refractivity contribution in [3.63, 3.8) is 0 Å². The fourth-order valence-electron chi connectivity index (χ4n) is 9.61. The Balaban J connectivity index is 1.14. The van der Waals surface area contributed by atoms with E-state index in [9.17, 15) is 26.7 Å². The quantitative estimate of drug-likeness (QED) is 0.295. The molecule has 2 aromatic rings. The summed E-state index contributed by atoms with van der Waals surface area (Å²) in [5.41, 5.74) is 6.43. The second-order valence-corrected chi connectivity index (χ2v) is 14.5. The highest BCUT2D eigenvalue weighted by atomic mass is 19.4. The third-order valence-electron chi connectivity index (χ3n) is 11.9. The Morgan fingerprint density at radius 3 is 2.26 bits per heavy atom. The van der Waals surface area contributed by atoms with Crippen LogP contribution >= 0.6 is 0 Å². The van der Waals surface area contributed by atoms with Crippen LogP contribution in [0.4, 0.5) is 22.0 Å². The Bertz CT molecular complexity index is 1510. The maximum absolute atomic E-state index is 14.3. The third-order valence-corrected chi connectivity index (χ3v) is 11.9. The van der Waals surface area contributed by atoms with E-state index >= 15 is 0 Å². The highest BCUT2D eigenvalue weighted by Gasteiger charge is 2.65. The molecule has 0 bridgehead atoms. The lowest BCUT2D eigenvalue weighted by molar-refractivity contribution is -0.408. The molecular weight excluding hydrogens is 597 g/mol. The van der Waals surface area contributed by atoms with Crippen LogP contribution in [0.15, 0.2) is 77.4 Å². The monoisotopic (exact) mass is 639 g/mol. The topological polar surface area (TPSA) is 29.5 Å². The summed E-state index contributed by atoms with van der Waals surface area (Å²) in [4.78, 5) is 14.8. The average molecular weight is 640 g/mol. The van der Waals surface area contributed by atoms with Crippen molar-refractivity contribution in [1.82, 2.24) is 4.90 Å². The van der Waals surface area contributed by atoms with Crippen molar-refractivity contribution in [2.75, 3.05) is 13.1 Å². The van der Waals surface area contributed by atoms with Crippen molar-refractivity contribution >= 4 is 5.78 Å². The summed E-state index contributed by atoms with van der Waals surface area (Å²) in [6, 6.07) is 19.2. The summed E-state index contributed by atoms with van der Waals surface area (Å²) >= 11 is 0. The second-order valence-electron chi connectivity index (χ2n) is 14.5. The first kappa shape index (κ1) is 31.7. The molecule has 5 aliphatic rings. The van der Waals surface area contributed by atoms with Crippen molar-refractivity contribution in [2.24, 2.45) is 17.3 Å². The van der Waals surface area contributed by atoms with Gasteiger partial charge >= 0.3 is 12.3 Å². The molecule has 1 heterocycles. The lowest BCUT2D eigenvalue weighted by atomic mass is 9.53. The second kappa shape index (κ2) is 12.0. The van der Waals surface area contributed by atoms with Gasteiger partial charge in [-0.25, -0.2) is 0 Å². The SMILES string of the molecule is CC12CC(c3ccc(CN4CCC(c5ccccc5)CC4)cc3)C3=C4CCC(=O)C=C4CCC3C1CCC2OC(F)(F)C(F)(F)F. The molecule has 3 nitrogen and oxygen atoms in total. The molecule has 3 fully saturated rings. The summed E-state index contributed by atoms with van der Waals surface area (Å²) in [7, 11) is 0. The highest BCUT2D eigenvalue weighted by Crippen LogP contribution is 2.65. The summed E-state index contributed by atoms with van der Waals surface area (Å²) in [5.74, 6) is 0.622. The number of hydrogen-bond donors (Lipinski definition) is 0. The molecule has 5 unspecified atom stereocenters. The number of alkyl halides is 5. The van der Waals surface area contributed by atoms with Crippen molar-refractivity contribution in [2.45, 2.75) is 101 Å². The number of ether oxygens (including phenoxy) is 1. The number of benzene rings is 2. The number of allylic oxidation sites excluding steroid dienone is 4. The average Bonchev–Trinajstić information content (AvgIpc) is 3.36. The number of likely N-dealkylation sites (tertiary alicyclic amines) is 1. The van der Waals surface area contributed by atoms with Crippen molar-refractivity contribution in [1.29, 1.82) is 0 Å². The predicted molar refractivity (Wildman–Crippen MR) is 166 cm³/mol. The molecule has 2 saturated carbocycles. The van der Waals surface area contributed by atoms with E-state index in [4.69, 9.17) is 4.74 Å². The van der Waals surface area contributed by atoms with Gasteiger partial charge < -0.3 is 4.74 Å². The molecule has 0 aromatic heterocycles. The molecule has 0 amide bonds. The van der Waals surface area contributed by atoms with Crippen LogP contribution in [0.5, 0.6) is 0 Å². The number of rotatable bonds is 6. The fourth-order valence-corrected chi connectivity index (χ4v) is 9.61. The largest absolute Gasteiger partial charge is 0.482 e. The zero-order valence-corrected chi connectivity index (χ0v) is 26.3. The molecule has 0 spiro atoms. The highest BCUT2D eigenvalue weighted by molar-refractivity contribution is 5.93. The van der Waals surface area contributed by atoms with Crippen LogP contribution < -0.4 is 0 Å². The molecule has 2 aromatic carbocycles. The van der Waals surface area contributed by atoms with E-state index in [0.717, 1.165) is 56.5 Å². The Labute approximate surface area is 267 Å². The zero-order chi connectivity index (χ0) is 32.3. The van der Waals surface area contributed by atoms with E-state index in [1.54, 1.807) is 6.08 Å². The standard InChI is InChI=1S/C38H42F5NO2/c1-36-22-32(27-9-7-24(8-10-27)23-44-19-17-26(18-20-44)25-5-3-2-4-6-25)35-30-14-12-29(45)21-28(30)11-13-31(35)33(36)15-16-34(36)46-38(42,43)37(39,40)41/h2-10,21,26,31-34H,11-20,22-23H2,1H3. The van der Waals surface area contributed by atoms with Gasteiger partial charge in [-0.05, 0) is 122 Å². The van der Waals surface area contributed by atoms with E-state index in [0.29, 0.717) is 31.6 Å². The van der Waals surface area contributed by atoms with Crippen LogP contribution in [0.1, 0.15) is 93.2 Å². The van der Waals surface area contributed by atoms with Crippen LogP contribution in [0.2, 0.25) is 0 Å². The Morgan fingerprint density at radius 2 is 1.57 bits per heavy atom. The van der Waals surface area contributed by atoms with E-state index in [-0.39, 0.29) is 30.0 Å². The molecular formula is C38H42F5NO2. The smallest absolute Gasteiger partial charge is 0.309 e. The van der Waals surface area contributed by atoms with E-state index < -0.39 is 23.8 Å². The van der Waals surface area contributed by atoms with Gasteiger partial charge in [-0.3, -0.25) is 9.69 Å². The van der Waals surface area contributed by atoms with Crippen LogP contribution in [-0.2, 0) is 16.1 Å². The number of nitrogens with zero attached hydrogens (tertiary/aromatic N) is 1. The van der Waals surface area contributed by atoms with Gasteiger partial charge in [0.2, 0.25) is 0 Å². The lowest BCUT2D eigenvalue weighted by Crippen LogP contribution is -2.50. The summed E-state index contributed by atoms with van der Waals surface area (Å²) < 4.78 is 73.0. The van der Waals surface area contributed by atoms with Crippen LogP contribution in [0.3, 0.4) is 0 Å². The maximum atomic E-state index is 14.3. The normalized spacial score (nSPS) is 30.9. The Morgan fingerprint density at radius 1 is 0.848 bits per heavy atom. The van der Waals surface area contributed by atoms with Gasteiger partial charge in [0.05, 0.1) is 6.10 Å². The minimum atomic E-state index is -5.76. The number of fused-ring (bicyclic) bond motifs is 4. The Hall–Kier alpha value is -2.84. The minimum absolute atomic E-state index is 0.0439. The van der Waals surface area contributed by atoms with Gasteiger partial charge in [0.25, 0.3) is 0 Å². The van der Waals surface area contributed by atoms with Gasteiger partial charge in [-0.15, -0.1) is 0 Å². The van der Waals surface area contributed by atoms with E-state index in [1.807, 2.05) is 6.92 Å². The van der Waals surface area contributed by atoms with Gasteiger partial charge in [-0.2, -0.15) is 22.0 Å². The molecule has 1 aliphatic heterocycles. The molecule has 4 aliphatic carbocycles. The molecule has 1 saturated heterocycles. The predicted octanol–water partition coefficient (Wildman–Crippen LogP) is 9.51. The van der Waals surface area contributed by atoms with E-state index in [1.165, 1.54) is 22.3 Å². The first-order valence-electron chi connectivity index (χ1n) is 16.9. The number of halogens is 5. The summed E-state index contributed by atoms with van der Waals surface area (Å²) in [6.07, 6.45) is -4.30. The number of ketones is 1. The lowest BCUT2D eigenvalue weighted by Gasteiger charge is -2.52. The number of carbonyl (C=O) groups excluding carboxylic acids is 1. The molecule has 7 rings (SSSR count). The molecule has 46 heavy (non-hydrogen) atoms. The van der Waals surface area contributed by atoms with Crippen LogP contribution in [0.25, 0.3) is 0 Å². The zero-order valence-electron chi connectivity index (χ0n) is 26.3. The Kier molecular flexibility index (Phi) is 8.28. The first-order valence-corrected chi connectivity index (χ1v) is 16.9. The summed E-state index contributed by atoms with van der Waals surface area (Å²) in [5, 5.41) is 0. The fraction of sp³-hybridized carbons (Fsp3) is 0.553. The van der Waals surface area contributed by atoms with Gasteiger partial charge in [0.1, 0.15) is 0 Å². The van der Waals surface area contributed by atoms with Gasteiger partial charge in [0, 0.05) is 18.9 Å². The molecule has 0 radical (unpaired) electrons.